The van der Waals surface area contributed by atoms with Crippen molar-refractivity contribution in [1.29, 1.82) is 0 Å². The van der Waals surface area contributed by atoms with Crippen molar-refractivity contribution in [3.05, 3.63) is 22.6 Å². The van der Waals surface area contributed by atoms with Crippen LogP contribution in [0.4, 0.5) is 0 Å². The molecule has 0 radical (unpaired) electrons. The molecule has 0 amide bonds. The van der Waals surface area contributed by atoms with Gasteiger partial charge in [-0.05, 0) is 12.5 Å². The monoisotopic (exact) mass is 336 g/mol. The Morgan fingerprint density at radius 1 is 1.14 bits per heavy atom. The number of hydrogen-bond donors (Lipinski definition) is 0. The van der Waals surface area contributed by atoms with Gasteiger partial charge in [-0.2, -0.15) is 0 Å². The number of unbranched alkanes of at least 4 members (excludes halogenated alkanes) is 5. The predicted molar refractivity (Wildman–Crippen MR) is 78.5 cm³/mol. The Morgan fingerprint density at radius 2 is 1.73 bits per heavy atom. The second-order valence-electron chi connectivity index (χ2n) is 5.22. The second-order valence-corrected chi connectivity index (χ2v) is 6.57. The van der Waals surface area contributed by atoms with Crippen LogP contribution in [0.15, 0.2) is 22.6 Å². The average Bonchev–Trinajstić information content (AvgIpc) is 2.41. The molecule has 1 aliphatic carbocycles. The molecule has 5 nitrogen and oxygen atoms in total. The number of rotatable bonds is 9. The molecule has 0 bridgehead atoms. The first kappa shape index (κ1) is 21.7. The Kier molecular flexibility index (Phi) is 10.4. The first-order chi connectivity index (χ1) is 9.86. The Hall–Kier alpha value is -0.270. The van der Waals surface area contributed by atoms with Crippen LogP contribution in [-0.4, -0.2) is 24.5 Å². The van der Waals surface area contributed by atoms with Gasteiger partial charge in [-0.25, -0.2) is 8.42 Å². The Labute approximate surface area is 154 Å². The van der Waals surface area contributed by atoms with E-state index in [2.05, 4.69) is 6.92 Å². The van der Waals surface area contributed by atoms with Crippen molar-refractivity contribution in [3.8, 4) is 0 Å². The summed E-state index contributed by atoms with van der Waals surface area (Å²) in [5.74, 6) is -0.934. The topological polar surface area (TPSA) is 91.3 Å². The van der Waals surface area contributed by atoms with Crippen molar-refractivity contribution in [2.75, 3.05) is 0 Å². The van der Waals surface area contributed by atoms with E-state index < -0.39 is 20.8 Å². The van der Waals surface area contributed by atoms with E-state index in [0.29, 0.717) is 12.0 Å². The largest absolute Gasteiger partial charge is 1.00 e. The molecule has 0 unspecified atom stereocenters. The van der Waals surface area contributed by atoms with E-state index in [1.807, 2.05) is 0 Å². The number of Topliss-reactive ketones (excluding diaryl/α,β-unsaturated/α-hetero) is 2. The maximum atomic E-state index is 11.9. The van der Waals surface area contributed by atoms with Crippen molar-refractivity contribution in [2.24, 2.45) is 0 Å². The Balaban J connectivity index is 0.00000441. The molecule has 0 spiro atoms. The normalized spacial score (nSPS) is 14.9. The van der Waals surface area contributed by atoms with Crippen LogP contribution >= 0.6 is 0 Å². The fourth-order valence-electron chi connectivity index (χ4n) is 2.23. The summed E-state index contributed by atoms with van der Waals surface area (Å²) < 4.78 is 32.4. The summed E-state index contributed by atoms with van der Waals surface area (Å²) in [6.45, 7) is 2.14. The smallest absolute Gasteiger partial charge is 0.744 e. The van der Waals surface area contributed by atoms with Crippen LogP contribution in [0.2, 0.25) is 0 Å². The van der Waals surface area contributed by atoms with Crippen molar-refractivity contribution in [3.63, 3.8) is 0 Å². The predicted octanol–water partition coefficient (Wildman–Crippen LogP) is -0.362. The van der Waals surface area contributed by atoms with Gasteiger partial charge in [-0.3, -0.25) is 9.59 Å². The third-order valence-corrected chi connectivity index (χ3v) is 4.35. The van der Waals surface area contributed by atoms with Crippen LogP contribution in [0.1, 0.15) is 58.3 Å². The average molecular weight is 336 g/mol. The van der Waals surface area contributed by atoms with Crippen molar-refractivity contribution in [2.45, 2.75) is 58.3 Å². The Bertz CT molecular complexity index is 560. The van der Waals surface area contributed by atoms with Gasteiger partial charge in [0.05, 0.1) is 4.91 Å². The fourth-order valence-corrected chi connectivity index (χ4v) is 2.81. The van der Waals surface area contributed by atoms with Crippen molar-refractivity contribution < 1.29 is 52.1 Å². The van der Waals surface area contributed by atoms with Gasteiger partial charge in [-0.15, -0.1) is 0 Å². The van der Waals surface area contributed by atoms with E-state index in [0.717, 1.165) is 25.3 Å². The molecule has 0 aromatic carbocycles. The van der Waals surface area contributed by atoms with Gasteiger partial charge in [0.25, 0.3) is 0 Å². The third kappa shape index (κ3) is 7.33. The van der Waals surface area contributed by atoms with Crippen LogP contribution in [-0.2, 0) is 19.7 Å². The van der Waals surface area contributed by atoms with Gasteiger partial charge >= 0.3 is 29.6 Å². The minimum Gasteiger partial charge on any atom is -0.744 e. The van der Waals surface area contributed by atoms with E-state index in [9.17, 15) is 22.6 Å². The molecule has 0 atom stereocenters. The molecular weight excluding hydrogens is 315 g/mol. The van der Waals surface area contributed by atoms with Gasteiger partial charge in [0, 0.05) is 18.4 Å². The van der Waals surface area contributed by atoms with Crippen LogP contribution in [0.3, 0.4) is 0 Å². The Morgan fingerprint density at radius 3 is 2.27 bits per heavy atom. The van der Waals surface area contributed by atoms with Crippen LogP contribution in [0.5, 0.6) is 0 Å². The number of ketones is 2. The molecule has 0 aliphatic heterocycles. The fraction of sp³-hybridized carbons (Fsp3) is 0.600. The van der Waals surface area contributed by atoms with Crippen LogP contribution in [0, 0.1) is 0 Å². The zero-order valence-corrected chi connectivity index (χ0v) is 16.1. The van der Waals surface area contributed by atoms with E-state index in [1.54, 1.807) is 0 Å². The van der Waals surface area contributed by atoms with Gasteiger partial charge < -0.3 is 4.55 Å². The molecule has 0 fully saturated rings. The number of hydrogen-bond acceptors (Lipinski definition) is 5. The third-order valence-electron chi connectivity index (χ3n) is 3.45. The standard InChI is InChI=1S/C15H22O5S.Na/c1-2-3-4-5-6-7-8-13(16)12-9-10-15(14(17)11-12)21(18,19)20;/h9-10H,2-8,11H2,1H3,(H,18,19,20);/q;+1/p-1. The van der Waals surface area contributed by atoms with Gasteiger partial charge in [0.1, 0.15) is 10.1 Å². The molecule has 0 N–H and O–H groups in total. The molecule has 1 rings (SSSR count). The summed E-state index contributed by atoms with van der Waals surface area (Å²) in [6, 6.07) is 0. The van der Waals surface area contributed by atoms with Crippen molar-refractivity contribution in [1.82, 2.24) is 0 Å². The summed E-state index contributed by atoms with van der Waals surface area (Å²) in [5, 5.41) is 0. The number of carbonyl (C=O) groups is 2. The van der Waals surface area contributed by atoms with E-state index in [1.165, 1.54) is 25.3 Å². The molecule has 7 heteroatoms. The van der Waals surface area contributed by atoms with Gasteiger partial charge in [0.2, 0.25) is 0 Å². The van der Waals surface area contributed by atoms with Crippen molar-refractivity contribution >= 4 is 21.7 Å². The van der Waals surface area contributed by atoms with Gasteiger partial charge in [0.15, 0.2) is 11.6 Å². The molecule has 0 aromatic heterocycles. The molecular formula is C15H21NaO5S. The SMILES string of the molecule is CCCCCCCCC(=O)C1=CC=C(S(=O)(=O)[O-])C(=O)C1.[Na+]. The first-order valence-electron chi connectivity index (χ1n) is 7.29. The van der Waals surface area contributed by atoms with Gasteiger partial charge in [-0.1, -0.05) is 45.1 Å². The van der Waals surface area contributed by atoms with Crippen LogP contribution in [0.25, 0.3) is 0 Å². The maximum absolute atomic E-state index is 11.9. The second kappa shape index (κ2) is 10.5. The van der Waals surface area contributed by atoms with Crippen LogP contribution < -0.4 is 29.6 Å². The molecule has 0 saturated heterocycles. The molecule has 1 aliphatic rings. The molecule has 22 heavy (non-hydrogen) atoms. The summed E-state index contributed by atoms with van der Waals surface area (Å²) in [7, 11) is -4.75. The summed E-state index contributed by atoms with van der Waals surface area (Å²) >= 11 is 0. The molecule has 118 valence electrons. The minimum absolute atomic E-state index is 0. The zero-order valence-electron chi connectivity index (χ0n) is 13.3. The van der Waals surface area contributed by atoms with E-state index >= 15 is 0 Å². The summed E-state index contributed by atoms with van der Waals surface area (Å²) in [6.07, 6.45) is 8.68. The quantitative estimate of drug-likeness (QED) is 0.326. The van der Waals surface area contributed by atoms with E-state index in [4.69, 9.17) is 0 Å². The minimum atomic E-state index is -4.75. The first-order valence-corrected chi connectivity index (χ1v) is 8.70. The zero-order chi connectivity index (χ0) is 15.9. The molecule has 0 heterocycles. The maximum Gasteiger partial charge on any atom is 1.00 e. The molecule has 0 aromatic rings. The number of carbonyl (C=O) groups excluding carboxylic acids is 2. The number of allylic oxidation sites excluding steroid dienone is 4. The summed E-state index contributed by atoms with van der Waals surface area (Å²) in [5.41, 5.74) is 0.293. The molecule has 0 saturated carbocycles. The van der Waals surface area contributed by atoms with E-state index in [-0.39, 0.29) is 41.8 Å². The summed E-state index contributed by atoms with van der Waals surface area (Å²) in [4.78, 5) is 22.7.